The van der Waals surface area contributed by atoms with Gasteiger partial charge in [-0.2, -0.15) is 0 Å². The molecule has 0 unspecified atom stereocenters. The topological polar surface area (TPSA) is 56.7 Å². The molecule has 1 aromatic carbocycles. The number of hydrogen-bond acceptors (Lipinski definition) is 3. The molecule has 0 fully saturated rings. The summed E-state index contributed by atoms with van der Waals surface area (Å²) in [5, 5.41) is 0. The highest BCUT2D eigenvalue weighted by Crippen LogP contribution is 2.17. The molecule has 3 rings (SSSR count). The number of imidazole rings is 1. The first-order valence-corrected chi connectivity index (χ1v) is 7.83. The van der Waals surface area contributed by atoms with Gasteiger partial charge in [0.2, 0.25) is 0 Å². The molecule has 22 heavy (non-hydrogen) atoms. The molecule has 2 aromatic heterocycles. The number of benzene rings is 1. The number of rotatable bonds is 6. The van der Waals surface area contributed by atoms with Crippen molar-refractivity contribution in [3.05, 3.63) is 59.5 Å². The van der Waals surface area contributed by atoms with E-state index in [0.717, 1.165) is 48.4 Å². The summed E-state index contributed by atoms with van der Waals surface area (Å²) in [6.45, 7) is 3.62. The maximum atomic E-state index is 5.67. The number of aromatic nitrogens is 3. The molecular formula is C18H22N4. The van der Waals surface area contributed by atoms with E-state index in [1.54, 1.807) is 0 Å². The van der Waals surface area contributed by atoms with Crippen molar-refractivity contribution in [3.63, 3.8) is 0 Å². The third kappa shape index (κ3) is 3.17. The van der Waals surface area contributed by atoms with E-state index < -0.39 is 0 Å². The number of nitrogens with zero attached hydrogens (tertiary/aromatic N) is 3. The van der Waals surface area contributed by atoms with E-state index in [1.165, 1.54) is 5.56 Å². The summed E-state index contributed by atoms with van der Waals surface area (Å²) in [6, 6.07) is 12.6. The van der Waals surface area contributed by atoms with Crippen LogP contribution in [-0.2, 0) is 19.4 Å². The Hall–Kier alpha value is -2.20. The minimum absolute atomic E-state index is 0.684. The molecule has 0 saturated heterocycles. The third-order valence-electron chi connectivity index (χ3n) is 3.87. The number of nitrogens with two attached hydrogens (primary N) is 1. The Balaban J connectivity index is 1.89. The lowest BCUT2D eigenvalue weighted by Gasteiger charge is -2.08. The van der Waals surface area contributed by atoms with Crippen LogP contribution in [0.25, 0.3) is 11.2 Å². The fraction of sp³-hybridized carbons (Fsp3) is 0.333. The van der Waals surface area contributed by atoms with E-state index in [2.05, 4.69) is 46.8 Å². The number of fused-ring (bicyclic) bond motifs is 1. The van der Waals surface area contributed by atoms with Gasteiger partial charge in [-0.1, -0.05) is 30.3 Å². The molecule has 2 heterocycles. The zero-order valence-corrected chi connectivity index (χ0v) is 13.0. The maximum absolute atomic E-state index is 5.67. The van der Waals surface area contributed by atoms with Crippen molar-refractivity contribution < 1.29 is 0 Å². The molecule has 0 saturated carbocycles. The smallest absolute Gasteiger partial charge is 0.160 e. The van der Waals surface area contributed by atoms with Crippen molar-refractivity contribution in [3.8, 4) is 0 Å². The Bertz CT molecular complexity index is 746. The molecule has 0 bridgehead atoms. The molecule has 3 aromatic rings. The zero-order chi connectivity index (χ0) is 15.4. The summed E-state index contributed by atoms with van der Waals surface area (Å²) in [4.78, 5) is 9.37. The van der Waals surface area contributed by atoms with Crippen LogP contribution in [0.1, 0.15) is 23.4 Å². The highest BCUT2D eigenvalue weighted by Gasteiger charge is 2.11. The molecular weight excluding hydrogens is 272 g/mol. The van der Waals surface area contributed by atoms with E-state index >= 15 is 0 Å². The van der Waals surface area contributed by atoms with Crippen molar-refractivity contribution in [2.75, 3.05) is 6.54 Å². The van der Waals surface area contributed by atoms with E-state index in [0.29, 0.717) is 6.54 Å². The largest absolute Gasteiger partial charge is 0.330 e. The quantitative estimate of drug-likeness (QED) is 0.760. The van der Waals surface area contributed by atoms with Gasteiger partial charge in [0.25, 0.3) is 0 Å². The van der Waals surface area contributed by atoms with E-state index in [4.69, 9.17) is 10.7 Å². The number of pyridine rings is 1. The summed E-state index contributed by atoms with van der Waals surface area (Å²) in [5.74, 6) is 1.10. The lowest BCUT2D eigenvalue weighted by Crippen LogP contribution is -2.10. The Morgan fingerprint density at radius 3 is 2.73 bits per heavy atom. The van der Waals surface area contributed by atoms with Gasteiger partial charge in [-0.3, -0.25) is 0 Å². The average molecular weight is 294 g/mol. The van der Waals surface area contributed by atoms with E-state index in [9.17, 15) is 0 Å². The Morgan fingerprint density at radius 2 is 1.95 bits per heavy atom. The summed E-state index contributed by atoms with van der Waals surface area (Å²) in [6.07, 6.45) is 4.76. The van der Waals surface area contributed by atoms with Crippen LogP contribution in [0.15, 0.2) is 42.6 Å². The molecule has 4 nitrogen and oxygen atoms in total. The van der Waals surface area contributed by atoms with Crippen LogP contribution < -0.4 is 5.73 Å². The van der Waals surface area contributed by atoms with Gasteiger partial charge in [0.15, 0.2) is 5.65 Å². The zero-order valence-electron chi connectivity index (χ0n) is 13.0. The molecule has 0 aliphatic rings. The van der Waals surface area contributed by atoms with Crippen molar-refractivity contribution in [1.29, 1.82) is 0 Å². The van der Waals surface area contributed by atoms with Crippen molar-refractivity contribution in [2.45, 2.75) is 32.7 Å². The predicted molar refractivity (Wildman–Crippen MR) is 89.8 cm³/mol. The van der Waals surface area contributed by atoms with Gasteiger partial charge in [0.1, 0.15) is 11.3 Å². The van der Waals surface area contributed by atoms with Gasteiger partial charge >= 0.3 is 0 Å². The second-order valence-corrected chi connectivity index (χ2v) is 5.66. The first-order valence-electron chi connectivity index (χ1n) is 7.83. The summed E-state index contributed by atoms with van der Waals surface area (Å²) >= 11 is 0. The second kappa shape index (κ2) is 6.71. The summed E-state index contributed by atoms with van der Waals surface area (Å²) < 4.78 is 2.23. The molecule has 0 spiro atoms. The SMILES string of the molecule is Cc1cnc2c(c1)nc(CCc1ccccc1)n2CCCN. The van der Waals surface area contributed by atoms with Crippen LogP contribution in [-0.4, -0.2) is 21.1 Å². The molecule has 4 heteroatoms. The molecule has 0 amide bonds. The van der Waals surface area contributed by atoms with Crippen LogP contribution in [0.4, 0.5) is 0 Å². The Labute approximate surface area is 131 Å². The van der Waals surface area contributed by atoms with E-state index in [1.807, 2.05) is 12.3 Å². The Morgan fingerprint density at radius 1 is 1.14 bits per heavy atom. The van der Waals surface area contributed by atoms with Crippen LogP contribution in [0.2, 0.25) is 0 Å². The van der Waals surface area contributed by atoms with Gasteiger partial charge in [0, 0.05) is 19.2 Å². The van der Waals surface area contributed by atoms with Gasteiger partial charge in [0.05, 0.1) is 0 Å². The molecule has 2 N–H and O–H groups in total. The predicted octanol–water partition coefficient (Wildman–Crippen LogP) is 2.87. The van der Waals surface area contributed by atoms with Gasteiger partial charge in [-0.25, -0.2) is 9.97 Å². The number of aryl methyl sites for hydroxylation is 4. The number of hydrogen-bond donors (Lipinski definition) is 1. The highest BCUT2D eigenvalue weighted by molar-refractivity contribution is 5.72. The molecule has 0 aliphatic heterocycles. The molecule has 0 aliphatic carbocycles. The van der Waals surface area contributed by atoms with Crippen LogP contribution in [0.5, 0.6) is 0 Å². The monoisotopic (exact) mass is 294 g/mol. The minimum Gasteiger partial charge on any atom is -0.330 e. The van der Waals surface area contributed by atoms with E-state index in [-0.39, 0.29) is 0 Å². The molecule has 114 valence electrons. The van der Waals surface area contributed by atoms with Crippen LogP contribution in [0, 0.1) is 6.92 Å². The second-order valence-electron chi connectivity index (χ2n) is 5.66. The molecule has 0 radical (unpaired) electrons. The third-order valence-corrected chi connectivity index (χ3v) is 3.87. The van der Waals surface area contributed by atoms with Crippen molar-refractivity contribution >= 4 is 11.2 Å². The lowest BCUT2D eigenvalue weighted by atomic mass is 10.1. The fourth-order valence-electron chi connectivity index (χ4n) is 2.73. The normalized spacial score (nSPS) is 11.2. The molecule has 0 atom stereocenters. The standard InChI is InChI=1S/C18H22N4/c1-14-12-16-18(20-13-14)22(11-5-10-19)17(21-16)9-8-15-6-3-2-4-7-15/h2-4,6-7,12-13H,5,8-11,19H2,1H3. The van der Waals surface area contributed by atoms with Crippen molar-refractivity contribution in [1.82, 2.24) is 14.5 Å². The van der Waals surface area contributed by atoms with Crippen LogP contribution in [0.3, 0.4) is 0 Å². The van der Waals surface area contributed by atoms with Gasteiger partial charge in [-0.15, -0.1) is 0 Å². The van der Waals surface area contributed by atoms with Crippen molar-refractivity contribution in [2.24, 2.45) is 5.73 Å². The first kappa shape index (κ1) is 14.7. The van der Waals surface area contributed by atoms with Gasteiger partial charge in [-0.05, 0) is 43.5 Å². The summed E-state index contributed by atoms with van der Waals surface area (Å²) in [5.41, 5.74) is 10.1. The Kier molecular flexibility index (Phi) is 4.49. The average Bonchev–Trinajstić information content (AvgIpc) is 2.88. The highest BCUT2D eigenvalue weighted by atomic mass is 15.1. The maximum Gasteiger partial charge on any atom is 0.160 e. The summed E-state index contributed by atoms with van der Waals surface area (Å²) in [7, 11) is 0. The fourth-order valence-corrected chi connectivity index (χ4v) is 2.73. The first-order chi connectivity index (χ1) is 10.8. The minimum atomic E-state index is 0.684. The lowest BCUT2D eigenvalue weighted by molar-refractivity contribution is 0.624. The van der Waals surface area contributed by atoms with Crippen LogP contribution >= 0.6 is 0 Å². The van der Waals surface area contributed by atoms with Gasteiger partial charge < -0.3 is 10.3 Å².